The fourth-order valence-electron chi connectivity index (χ4n) is 7.29. The molecule has 9 rings (SSSR count). The lowest BCUT2D eigenvalue weighted by Crippen LogP contribution is -2.44. The third kappa shape index (κ3) is 19.2. The van der Waals surface area contributed by atoms with Gasteiger partial charge in [0, 0.05) is 62.5 Å². The minimum absolute atomic E-state index is 0.132. The number of alkyl halides is 1. The Labute approximate surface area is 489 Å². The Morgan fingerprint density at radius 2 is 1.01 bits per heavy atom. The van der Waals surface area contributed by atoms with Gasteiger partial charge in [0.25, 0.3) is 0 Å². The molecule has 0 saturated carbocycles. The lowest BCUT2D eigenvalue weighted by Gasteiger charge is -2.32. The molecular formula is C60H52Br6N4O5. The van der Waals surface area contributed by atoms with Crippen molar-refractivity contribution in [1.82, 2.24) is 0 Å². The van der Waals surface area contributed by atoms with Gasteiger partial charge in [0.2, 0.25) is 6.08 Å². The summed E-state index contributed by atoms with van der Waals surface area (Å²) in [7, 11) is 0. The molecule has 2 amide bonds. The molecule has 3 N–H and O–H groups in total. The van der Waals surface area contributed by atoms with Crippen LogP contribution in [0.2, 0.25) is 0 Å². The van der Waals surface area contributed by atoms with E-state index in [1.807, 2.05) is 203 Å². The Hall–Kier alpha value is -5.61. The molecule has 75 heavy (non-hydrogen) atoms. The second-order valence-electron chi connectivity index (χ2n) is 16.9. The summed E-state index contributed by atoms with van der Waals surface area (Å²) in [6.07, 6.45) is 2.82. The van der Waals surface area contributed by atoms with Crippen LogP contribution in [-0.2, 0) is 16.9 Å². The highest BCUT2D eigenvalue weighted by Crippen LogP contribution is 2.41. The Kier molecular flexibility index (Phi) is 24.3. The number of nitrogen functional groups attached to an aromatic ring is 1. The van der Waals surface area contributed by atoms with Crippen molar-refractivity contribution in [1.29, 1.82) is 0 Å². The molecule has 8 aromatic rings. The van der Waals surface area contributed by atoms with Crippen molar-refractivity contribution in [2.45, 2.75) is 39.3 Å². The van der Waals surface area contributed by atoms with Gasteiger partial charge in [-0.25, -0.2) is 9.59 Å². The van der Waals surface area contributed by atoms with Crippen LogP contribution in [0.1, 0.15) is 55.0 Å². The Morgan fingerprint density at radius 3 is 1.47 bits per heavy atom. The van der Waals surface area contributed by atoms with E-state index in [4.69, 9.17) is 5.73 Å². The first-order valence-electron chi connectivity index (χ1n) is 23.2. The molecular weight excluding hydrogens is 1340 g/mol. The first-order valence-corrected chi connectivity index (χ1v) is 28.2. The fraction of sp³-hybridized carbons (Fsp3) is 0.133. The number of benzene rings is 8. The van der Waals surface area contributed by atoms with E-state index >= 15 is 0 Å². The zero-order valence-electron chi connectivity index (χ0n) is 41.1. The third-order valence-electron chi connectivity index (χ3n) is 11.1. The Morgan fingerprint density at radius 1 is 0.587 bits per heavy atom. The number of Topliss-reactive ketones (excluding diaryl/α,β-unsaturated/α-hetero) is 2. The number of urea groups is 1. The van der Waals surface area contributed by atoms with E-state index in [2.05, 4.69) is 101 Å². The van der Waals surface area contributed by atoms with Gasteiger partial charge in [-0.1, -0.05) is 185 Å². The van der Waals surface area contributed by atoms with Gasteiger partial charge in [-0.05, 0) is 154 Å². The van der Waals surface area contributed by atoms with Crippen LogP contribution >= 0.6 is 95.6 Å². The van der Waals surface area contributed by atoms with Crippen LogP contribution in [0.4, 0.5) is 27.5 Å². The highest BCUT2D eigenvalue weighted by Gasteiger charge is 2.51. The summed E-state index contributed by atoms with van der Waals surface area (Å²) >= 11 is 19.9. The summed E-state index contributed by atoms with van der Waals surface area (Å²) in [5, 5.41) is 12.2. The molecule has 0 radical (unpaired) electrons. The largest absolute Gasteiger partial charge is 0.399 e. The van der Waals surface area contributed by atoms with Crippen LogP contribution in [0.5, 0.6) is 0 Å². The van der Waals surface area contributed by atoms with Crippen molar-refractivity contribution in [3.63, 3.8) is 0 Å². The van der Waals surface area contributed by atoms with Crippen LogP contribution in [0.25, 0.3) is 0 Å². The van der Waals surface area contributed by atoms with Gasteiger partial charge in [0.15, 0.2) is 17.3 Å². The molecule has 0 aromatic heterocycles. The molecule has 8 aromatic carbocycles. The number of hydrogen-bond acceptors (Lipinski definition) is 7. The maximum Gasteiger partial charge on any atom is 0.331 e. The van der Waals surface area contributed by atoms with Crippen LogP contribution in [0.3, 0.4) is 0 Å². The fourth-order valence-corrected chi connectivity index (χ4v) is 8.93. The van der Waals surface area contributed by atoms with Crippen molar-refractivity contribution >= 4 is 142 Å². The standard InChI is InChI=1S/C22H18Br2N2O2.C16H15BrO.C9H9BrO.C7H4BrNO.C6H6BrN/c1-15-3-2-4-16(13-15)22(28)14-25(19-9-5-17(23)6-10-19)21(27)26(22)20-11-7-18(24)8-12-20;1-12-3-2-4-14(11-12)16(18)10-7-13-5-8-15(17)9-6-13;1-7-3-2-4-8(5-7)9(11)6-10;8-6-1-3-7(4-2-6)9-5-10;7-5-1-3-6(8)4-2-5/h2-13,28H,14H2,1H3;2-6,8-9,11H,7,10H2,1H3;2-5H,6H2,1H3;1-4H;1-4H,8H2. The van der Waals surface area contributed by atoms with Gasteiger partial charge in [-0.3, -0.25) is 19.4 Å². The van der Waals surface area contributed by atoms with E-state index in [9.17, 15) is 24.3 Å². The lowest BCUT2D eigenvalue weighted by molar-refractivity contribution is 0.0654. The summed E-state index contributed by atoms with van der Waals surface area (Å²) in [4.78, 5) is 52.8. The number of anilines is 3. The molecule has 1 unspecified atom stereocenters. The second-order valence-corrected chi connectivity index (χ2v) is 22.1. The summed E-state index contributed by atoms with van der Waals surface area (Å²) in [6, 6.07) is 60.4. The normalized spacial score (nSPS) is 13.2. The van der Waals surface area contributed by atoms with Gasteiger partial charge >= 0.3 is 6.03 Å². The molecule has 1 saturated heterocycles. The average molecular weight is 1390 g/mol. The van der Waals surface area contributed by atoms with Crippen LogP contribution in [0.15, 0.2) is 221 Å². The molecule has 384 valence electrons. The number of halogens is 6. The summed E-state index contributed by atoms with van der Waals surface area (Å²) in [6.45, 7) is 6.09. The Balaban J connectivity index is 0.000000189. The molecule has 1 heterocycles. The number of nitrogens with two attached hydrogens (primary N) is 1. The smallest absolute Gasteiger partial charge is 0.331 e. The number of aliphatic hydroxyl groups is 1. The maximum absolute atomic E-state index is 13.4. The number of amides is 2. The van der Waals surface area contributed by atoms with Crippen molar-refractivity contribution in [2.75, 3.05) is 27.4 Å². The van der Waals surface area contributed by atoms with Crippen molar-refractivity contribution < 1.29 is 24.3 Å². The van der Waals surface area contributed by atoms with E-state index in [1.165, 1.54) is 16.5 Å². The molecule has 9 nitrogen and oxygen atoms in total. The number of aryl methyl sites for hydroxylation is 4. The molecule has 1 atom stereocenters. The van der Waals surface area contributed by atoms with E-state index in [1.54, 1.807) is 17.0 Å². The van der Waals surface area contributed by atoms with Gasteiger partial charge in [0.1, 0.15) is 0 Å². The molecule has 1 aliphatic rings. The minimum atomic E-state index is -1.48. The zero-order chi connectivity index (χ0) is 54.5. The quantitative estimate of drug-likeness (QED) is 0.0461. The number of carbonyl (C=O) groups excluding carboxylic acids is 4. The van der Waals surface area contributed by atoms with Gasteiger partial charge in [-0.2, -0.15) is 4.99 Å². The number of aliphatic imine (C=N–C) groups is 1. The predicted molar refractivity (Wildman–Crippen MR) is 326 cm³/mol. The third-order valence-corrected chi connectivity index (χ3v) is 14.3. The maximum atomic E-state index is 13.4. The monoisotopic (exact) mass is 1380 g/mol. The molecule has 1 fully saturated rings. The average Bonchev–Trinajstić information content (AvgIpc) is 3.69. The van der Waals surface area contributed by atoms with Gasteiger partial charge in [-0.15, -0.1) is 0 Å². The SMILES string of the molecule is Cc1cccc(C(=O)CBr)c1.Cc1cccc(C(=O)CCc2ccc(Br)cc2)c1.Cc1cccc(C2(O)CN(c3ccc(Br)cc3)C(=O)N2c2ccc(Br)cc2)c1.Nc1ccc(Br)cc1.O=C=Nc1ccc(Br)cc1. The van der Waals surface area contributed by atoms with E-state index < -0.39 is 5.72 Å². The highest BCUT2D eigenvalue weighted by molar-refractivity contribution is 9.11. The van der Waals surface area contributed by atoms with E-state index in [0.29, 0.717) is 28.7 Å². The van der Waals surface area contributed by atoms with Gasteiger partial charge < -0.3 is 10.8 Å². The summed E-state index contributed by atoms with van der Waals surface area (Å²) in [5.74, 6) is 0.343. The van der Waals surface area contributed by atoms with Crippen LogP contribution < -0.4 is 15.5 Å². The summed E-state index contributed by atoms with van der Waals surface area (Å²) < 4.78 is 4.94. The van der Waals surface area contributed by atoms with Crippen molar-refractivity contribution in [3.05, 3.63) is 255 Å². The summed E-state index contributed by atoms with van der Waals surface area (Å²) in [5.41, 5.74) is 13.5. The first kappa shape index (κ1) is 60.3. The van der Waals surface area contributed by atoms with Crippen LogP contribution in [0, 0.1) is 20.8 Å². The van der Waals surface area contributed by atoms with Crippen molar-refractivity contribution in [3.8, 4) is 0 Å². The number of β-amino-alcohol motifs (C(OH)–C–C–N with tert-alkyl or cyclic N) is 1. The first-order chi connectivity index (χ1) is 35.9. The molecule has 15 heteroatoms. The number of nitrogens with zero attached hydrogens (tertiary/aromatic N) is 3. The number of isocyanates is 1. The minimum Gasteiger partial charge on any atom is -0.399 e. The number of ketones is 2. The Bertz CT molecular complexity index is 3170. The molecule has 1 aliphatic heterocycles. The molecule has 0 spiro atoms. The highest BCUT2D eigenvalue weighted by atomic mass is 79.9. The lowest BCUT2D eigenvalue weighted by atomic mass is 9.99. The molecule has 0 bridgehead atoms. The van der Waals surface area contributed by atoms with Crippen LogP contribution in [-0.4, -0.2) is 40.7 Å². The topological polar surface area (TPSA) is 133 Å². The van der Waals surface area contributed by atoms with Crippen molar-refractivity contribution in [2.24, 2.45) is 4.99 Å². The molecule has 0 aliphatic carbocycles. The zero-order valence-corrected chi connectivity index (χ0v) is 50.6. The number of hydrogen-bond donors (Lipinski definition) is 2. The second kappa shape index (κ2) is 30.2. The number of carbonyl (C=O) groups is 3. The number of rotatable bonds is 10. The predicted octanol–water partition coefficient (Wildman–Crippen LogP) is 17.4. The van der Waals surface area contributed by atoms with E-state index in [0.717, 1.165) is 68.0 Å². The van der Waals surface area contributed by atoms with E-state index in [-0.39, 0.29) is 24.1 Å². The van der Waals surface area contributed by atoms with Gasteiger partial charge in [0.05, 0.1) is 17.6 Å².